The summed E-state index contributed by atoms with van der Waals surface area (Å²) < 4.78 is 0. The molecule has 0 amide bonds. The van der Waals surface area contributed by atoms with Crippen molar-refractivity contribution >= 4 is 6.29 Å². The first-order valence-electron chi connectivity index (χ1n) is 6.48. The van der Waals surface area contributed by atoms with E-state index in [1.54, 1.807) is 6.08 Å². The second kappa shape index (κ2) is 11.5. The molecule has 0 saturated heterocycles. The van der Waals surface area contributed by atoms with E-state index in [1.807, 2.05) is 0 Å². The van der Waals surface area contributed by atoms with E-state index < -0.39 is 0 Å². The van der Waals surface area contributed by atoms with Crippen LogP contribution in [0.15, 0.2) is 11.6 Å². The van der Waals surface area contributed by atoms with E-state index in [1.165, 1.54) is 50.5 Å². The number of aldehydes is 1. The first-order valence-corrected chi connectivity index (χ1v) is 6.48. The Hall–Kier alpha value is -0.590. The van der Waals surface area contributed by atoms with E-state index in [4.69, 9.17) is 0 Å². The van der Waals surface area contributed by atoms with Gasteiger partial charge in [-0.3, -0.25) is 4.79 Å². The molecule has 0 heterocycles. The predicted octanol–water partition coefficient (Wildman–Crippen LogP) is 4.66. The maximum absolute atomic E-state index is 10.4. The van der Waals surface area contributed by atoms with Gasteiger partial charge in [0.25, 0.3) is 0 Å². The summed E-state index contributed by atoms with van der Waals surface area (Å²) in [6.07, 6.45) is 13.9. The summed E-state index contributed by atoms with van der Waals surface area (Å²) in [7, 11) is 0. The minimum atomic E-state index is 0.942. The van der Waals surface area contributed by atoms with Crippen LogP contribution in [0.3, 0.4) is 0 Å². The van der Waals surface area contributed by atoms with Gasteiger partial charge in [0, 0.05) is 0 Å². The smallest absolute Gasteiger partial charge is 0.142 e. The highest BCUT2D eigenvalue weighted by molar-refractivity contribution is 5.66. The Balaban J connectivity index is 3.57. The van der Waals surface area contributed by atoms with Crippen LogP contribution in [-0.4, -0.2) is 6.29 Å². The maximum atomic E-state index is 10.4. The van der Waals surface area contributed by atoms with Crippen LogP contribution in [0.4, 0.5) is 0 Å². The fourth-order valence-electron chi connectivity index (χ4n) is 1.75. The van der Waals surface area contributed by atoms with Crippen LogP contribution in [-0.2, 0) is 4.79 Å². The number of carbonyl (C=O) groups is 1. The van der Waals surface area contributed by atoms with Gasteiger partial charge in [-0.25, -0.2) is 0 Å². The van der Waals surface area contributed by atoms with Gasteiger partial charge in [-0.15, -0.1) is 0 Å². The molecule has 0 saturated carbocycles. The normalized spacial score (nSPS) is 11.7. The summed E-state index contributed by atoms with van der Waals surface area (Å²) in [4.78, 5) is 10.4. The number of rotatable bonds is 10. The number of hydrogen-bond donors (Lipinski definition) is 0. The van der Waals surface area contributed by atoms with Gasteiger partial charge in [-0.05, 0) is 31.8 Å². The molecule has 0 atom stereocenters. The average molecular weight is 210 g/mol. The number of hydrogen-bond acceptors (Lipinski definition) is 1. The SMILES string of the molecule is CCCCCCC/C(=C/C=O)CCCC. The van der Waals surface area contributed by atoms with Crippen molar-refractivity contribution in [1.29, 1.82) is 0 Å². The summed E-state index contributed by atoms with van der Waals surface area (Å²) in [5.74, 6) is 0. The molecule has 1 nitrogen and oxygen atoms in total. The third-order valence-corrected chi connectivity index (χ3v) is 2.76. The van der Waals surface area contributed by atoms with Gasteiger partial charge in [0.2, 0.25) is 0 Å². The Kier molecular flexibility index (Phi) is 11.0. The quantitative estimate of drug-likeness (QED) is 0.291. The van der Waals surface area contributed by atoms with E-state index in [-0.39, 0.29) is 0 Å². The standard InChI is InChI=1S/C14H26O/c1-3-5-7-8-9-11-14(12-13-15)10-6-4-2/h12-13H,3-11H2,1-2H3/b14-12+. The van der Waals surface area contributed by atoms with Gasteiger partial charge < -0.3 is 0 Å². The Bertz CT molecular complexity index is 170. The summed E-state index contributed by atoms with van der Waals surface area (Å²) in [5.41, 5.74) is 1.35. The van der Waals surface area contributed by atoms with Crippen molar-refractivity contribution in [3.05, 3.63) is 11.6 Å². The number of allylic oxidation sites excluding steroid dienone is 2. The van der Waals surface area contributed by atoms with E-state index in [2.05, 4.69) is 13.8 Å². The zero-order valence-electron chi connectivity index (χ0n) is 10.4. The molecule has 0 N–H and O–H groups in total. The van der Waals surface area contributed by atoms with Crippen molar-refractivity contribution in [2.24, 2.45) is 0 Å². The fourth-order valence-corrected chi connectivity index (χ4v) is 1.75. The molecular formula is C14H26O. The van der Waals surface area contributed by atoms with Crippen molar-refractivity contribution in [2.75, 3.05) is 0 Å². The monoisotopic (exact) mass is 210 g/mol. The highest BCUT2D eigenvalue weighted by atomic mass is 16.1. The molecule has 0 spiro atoms. The third-order valence-electron chi connectivity index (χ3n) is 2.76. The van der Waals surface area contributed by atoms with Crippen molar-refractivity contribution in [3.63, 3.8) is 0 Å². The molecule has 88 valence electrons. The molecule has 0 aliphatic rings. The zero-order chi connectivity index (χ0) is 11.4. The molecule has 15 heavy (non-hydrogen) atoms. The van der Waals surface area contributed by atoms with Gasteiger partial charge in [-0.2, -0.15) is 0 Å². The lowest BCUT2D eigenvalue weighted by Gasteiger charge is -2.05. The number of unbranched alkanes of at least 4 members (excludes halogenated alkanes) is 5. The van der Waals surface area contributed by atoms with Crippen LogP contribution in [0.2, 0.25) is 0 Å². The lowest BCUT2D eigenvalue weighted by Crippen LogP contribution is -1.87. The first-order chi connectivity index (χ1) is 7.35. The Labute approximate surface area is 95.0 Å². The topological polar surface area (TPSA) is 17.1 Å². The zero-order valence-corrected chi connectivity index (χ0v) is 10.4. The van der Waals surface area contributed by atoms with E-state index in [0.717, 1.165) is 19.1 Å². The summed E-state index contributed by atoms with van der Waals surface area (Å²) in [6.45, 7) is 4.43. The molecule has 0 aromatic carbocycles. The van der Waals surface area contributed by atoms with E-state index in [0.29, 0.717) is 0 Å². The van der Waals surface area contributed by atoms with Crippen molar-refractivity contribution < 1.29 is 4.79 Å². The molecule has 1 heteroatoms. The fraction of sp³-hybridized carbons (Fsp3) is 0.786. The minimum Gasteiger partial charge on any atom is -0.299 e. The van der Waals surface area contributed by atoms with E-state index in [9.17, 15) is 4.79 Å². The first kappa shape index (κ1) is 14.4. The Morgan fingerprint density at radius 1 is 0.867 bits per heavy atom. The Morgan fingerprint density at radius 2 is 1.47 bits per heavy atom. The predicted molar refractivity (Wildman–Crippen MR) is 67.0 cm³/mol. The summed E-state index contributed by atoms with van der Waals surface area (Å²) in [6, 6.07) is 0. The molecule has 0 aliphatic heterocycles. The van der Waals surface area contributed by atoms with E-state index >= 15 is 0 Å². The maximum Gasteiger partial charge on any atom is 0.142 e. The van der Waals surface area contributed by atoms with Crippen LogP contribution in [0.5, 0.6) is 0 Å². The number of carbonyl (C=O) groups excluding carboxylic acids is 1. The third kappa shape index (κ3) is 9.71. The molecule has 0 aromatic rings. The van der Waals surface area contributed by atoms with Gasteiger partial charge in [0.05, 0.1) is 0 Å². The van der Waals surface area contributed by atoms with Crippen LogP contribution in [0.25, 0.3) is 0 Å². The highest BCUT2D eigenvalue weighted by Crippen LogP contribution is 2.15. The second-order valence-corrected chi connectivity index (χ2v) is 4.23. The summed E-state index contributed by atoms with van der Waals surface area (Å²) in [5, 5.41) is 0. The van der Waals surface area contributed by atoms with Gasteiger partial charge >= 0.3 is 0 Å². The van der Waals surface area contributed by atoms with Crippen LogP contribution >= 0.6 is 0 Å². The van der Waals surface area contributed by atoms with Crippen molar-refractivity contribution in [1.82, 2.24) is 0 Å². The lowest BCUT2D eigenvalue weighted by molar-refractivity contribution is -0.104. The van der Waals surface area contributed by atoms with Gasteiger partial charge in [0.1, 0.15) is 6.29 Å². The molecule has 0 unspecified atom stereocenters. The molecule has 0 aromatic heterocycles. The largest absolute Gasteiger partial charge is 0.299 e. The summed E-state index contributed by atoms with van der Waals surface area (Å²) >= 11 is 0. The van der Waals surface area contributed by atoms with Crippen LogP contribution in [0.1, 0.15) is 71.6 Å². The average Bonchev–Trinajstić information content (AvgIpc) is 2.25. The molecule has 0 bridgehead atoms. The molecule has 0 rings (SSSR count). The van der Waals surface area contributed by atoms with Gasteiger partial charge in [0.15, 0.2) is 0 Å². The van der Waals surface area contributed by atoms with Crippen molar-refractivity contribution in [3.8, 4) is 0 Å². The highest BCUT2D eigenvalue weighted by Gasteiger charge is 1.97. The van der Waals surface area contributed by atoms with Gasteiger partial charge in [-0.1, -0.05) is 51.5 Å². The molecular weight excluding hydrogens is 184 g/mol. The molecule has 0 aliphatic carbocycles. The minimum absolute atomic E-state index is 0.942. The Morgan fingerprint density at radius 3 is 2.07 bits per heavy atom. The lowest BCUT2D eigenvalue weighted by atomic mass is 10.0. The molecule has 0 radical (unpaired) electrons. The van der Waals surface area contributed by atoms with Crippen LogP contribution < -0.4 is 0 Å². The van der Waals surface area contributed by atoms with Crippen LogP contribution in [0, 0.1) is 0 Å². The van der Waals surface area contributed by atoms with Crippen molar-refractivity contribution in [2.45, 2.75) is 71.6 Å². The second-order valence-electron chi connectivity index (χ2n) is 4.23. The molecule has 0 fully saturated rings.